The molecule has 0 aromatic heterocycles. The molecule has 0 bridgehead atoms. The highest BCUT2D eigenvalue weighted by atomic mass is 14.9. The highest BCUT2D eigenvalue weighted by Crippen LogP contribution is 2.27. The molecule has 2 aromatic rings. The van der Waals surface area contributed by atoms with Gasteiger partial charge in [0.15, 0.2) is 0 Å². The van der Waals surface area contributed by atoms with Crippen molar-refractivity contribution in [1.29, 1.82) is 0 Å². The first-order valence-electron chi connectivity index (χ1n) is 5.81. The number of fused-ring (bicyclic) bond motifs is 1. The topological polar surface area (TPSA) is 12.0 Å². The summed E-state index contributed by atoms with van der Waals surface area (Å²) in [5, 5.41) is 3.59. The Morgan fingerprint density at radius 3 is 2.50 bits per heavy atom. The molecule has 2 aromatic carbocycles. The third-order valence-electron chi connectivity index (χ3n) is 3.24. The average molecular weight is 209 g/mol. The van der Waals surface area contributed by atoms with Crippen molar-refractivity contribution < 1.29 is 0 Å². The Labute approximate surface area is 96.1 Å². The van der Waals surface area contributed by atoms with E-state index in [1.165, 1.54) is 16.7 Å². The Hall–Kier alpha value is -1.60. The fourth-order valence-electron chi connectivity index (χ4n) is 2.45. The van der Waals surface area contributed by atoms with Crippen LogP contribution in [-0.4, -0.2) is 6.54 Å². The highest BCUT2D eigenvalue weighted by molar-refractivity contribution is 5.39. The number of benzene rings is 2. The average Bonchev–Trinajstić information content (AvgIpc) is 2.39. The van der Waals surface area contributed by atoms with Gasteiger partial charge < -0.3 is 5.32 Å². The molecule has 16 heavy (non-hydrogen) atoms. The van der Waals surface area contributed by atoms with Crippen LogP contribution in [0.15, 0.2) is 54.6 Å². The van der Waals surface area contributed by atoms with Gasteiger partial charge in [-0.3, -0.25) is 0 Å². The van der Waals surface area contributed by atoms with E-state index in [0.717, 1.165) is 13.0 Å². The van der Waals surface area contributed by atoms with E-state index < -0.39 is 0 Å². The molecule has 1 aliphatic heterocycles. The molecule has 1 atom stereocenters. The van der Waals surface area contributed by atoms with Gasteiger partial charge >= 0.3 is 0 Å². The normalized spacial score (nSPS) is 19.1. The van der Waals surface area contributed by atoms with E-state index in [4.69, 9.17) is 0 Å². The molecule has 1 heteroatoms. The third kappa shape index (κ3) is 1.63. The fourth-order valence-corrected chi connectivity index (χ4v) is 2.45. The molecule has 80 valence electrons. The largest absolute Gasteiger partial charge is 0.306 e. The van der Waals surface area contributed by atoms with Gasteiger partial charge in [0.1, 0.15) is 0 Å². The number of rotatable bonds is 1. The lowest BCUT2D eigenvalue weighted by Gasteiger charge is -2.27. The van der Waals surface area contributed by atoms with Crippen molar-refractivity contribution >= 4 is 0 Å². The molecule has 0 amide bonds. The molecular formula is C15H15N. The molecule has 0 fully saturated rings. The van der Waals surface area contributed by atoms with Crippen LogP contribution in [0, 0.1) is 0 Å². The lowest BCUT2D eigenvalue weighted by atomic mass is 9.90. The van der Waals surface area contributed by atoms with Crippen molar-refractivity contribution in [2.24, 2.45) is 0 Å². The summed E-state index contributed by atoms with van der Waals surface area (Å²) >= 11 is 0. The van der Waals surface area contributed by atoms with Gasteiger partial charge in [-0.1, -0.05) is 54.6 Å². The summed E-state index contributed by atoms with van der Waals surface area (Å²) < 4.78 is 0. The second-order valence-electron chi connectivity index (χ2n) is 4.25. The standard InChI is InChI=1S/C15H15N/c1-2-7-13(8-3-1)15-14-9-5-4-6-12(14)10-11-16-15/h1-9,15-16H,10-11H2/t15-/m1/s1. The van der Waals surface area contributed by atoms with E-state index >= 15 is 0 Å². The molecular weight excluding hydrogens is 194 g/mol. The van der Waals surface area contributed by atoms with Crippen LogP contribution >= 0.6 is 0 Å². The molecule has 0 aliphatic carbocycles. The van der Waals surface area contributed by atoms with E-state index in [0.29, 0.717) is 6.04 Å². The van der Waals surface area contributed by atoms with Crippen molar-refractivity contribution in [3.63, 3.8) is 0 Å². The number of hydrogen-bond acceptors (Lipinski definition) is 1. The van der Waals surface area contributed by atoms with Gasteiger partial charge in [0.05, 0.1) is 6.04 Å². The second kappa shape index (κ2) is 4.11. The molecule has 0 unspecified atom stereocenters. The van der Waals surface area contributed by atoms with Crippen molar-refractivity contribution in [3.8, 4) is 0 Å². The maximum absolute atomic E-state index is 3.59. The van der Waals surface area contributed by atoms with Crippen LogP contribution in [-0.2, 0) is 6.42 Å². The lowest BCUT2D eigenvalue weighted by molar-refractivity contribution is 0.568. The number of hydrogen-bond donors (Lipinski definition) is 1. The predicted molar refractivity (Wildman–Crippen MR) is 66.4 cm³/mol. The first-order chi connectivity index (χ1) is 7.95. The molecule has 0 radical (unpaired) electrons. The summed E-state index contributed by atoms with van der Waals surface area (Å²) in [6, 6.07) is 19.8. The quantitative estimate of drug-likeness (QED) is 0.761. The molecule has 0 spiro atoms. The molecule has 1 N–H and O–H groups in total. The summed E-state index contributed by atoms with van der Waals surface area (Å²) in [6.07, 6.45) is 1.14. The zero-order valence-electron chi connectivity index (χ0n) is 9.19. The van der Waals surface area contributed by atoms with Gasteiger partial charge in [-0.05, 0) is 23.1 Å². The van der Waals surface area contributed by atoms with Crippen LogP contribution in [0.1, 0.15) is 22.7 Å². The Balaban J connectivity index is 2.05. The van der Waals surface area contributed by atoms with Crippen molar-refractivity contribution in [2.45, 2.75) is 12.5 Å². The third-order valence-corrected chi connectivity index (χ3v) is 3.24. The summed E-state index contributed by atoms with van der Waals surface area (Å²) in [6.45, 7) is 1.07. The van der Waals surface area contributed by atoms with Crippen molar-refractivity contribution in [2.75, 3.05) is 6.54 Å². The van der Waals surface area contributed by atoms with Crippen LogP contribution in [0.3, 0.4) is 0 Å². The fraction of sp³-hybridized carbons (Fsp3) is 0.200. The van der Waals surface area contributed by atoms with Crippen LogP contribution < -0.4 is 5.32 Å². The first-order valence-corrected chi connectivity index (χ1v) is 5.81. The van der Waals surface area contributed by atoms with Crippen LogP contribution in [0.5, 0.6) is 0 Å². The van der Waals surface area contributed by atoms with Crippen molar-refractivity contribution in [1.82, 2.24) is 5.32 Å². The maximum atomic E-state index is 3.59. The highest BCUT2D eigenvalue weighted by Gasteiger charge is 2.19. The minimum atomic E-state index is 0.367. The Morgan fingerprint density at radius 2 is 1.62 bits per heavy atom. The lowest BCUT2D eigenvalue weighted by Crippen LogP contribution is -2.30. The van der Waals surface area contributed by atoms with E-state index in [1.807, 2.05) is 0 Å². The molecule has 3 rings (SSSR count). The smallest absolute Gasteiger partial charge is 0.0579 e. The molecule has 1 heterocycles. The molecule has 1 aliphatic rings. The van der Waals surface area contributed by atoms with Gasteiger partial charge in [-0.25, -0.2) is 0 Å². The number of nitrogens with one attached hydrogen (secondary N) is 1. The minimum absolute atomic E-state index is 0.367. The van der Waals surface area contributed by atoms with E-state index in [-0.39, 0.29) is 0 Å². The molecule has 1 nitrogen and oxygen atoms in total. The van der Waals surface area contributed by atoms with Gasteiger partial charge in [0, 0.05) is 6.54 Å². The van der Waals surface area contributed by atoms with Crippen LogP contribution in [0.2, 0.25) is 0 Å². The Kier molecular flexibility index (Phi) is 2.47. The summed E-state index contributed by atoms with van der Waals surface area (Å²) in [5.41, 5.74) is 4.27. The Morgan fingerprint density at radius 1 is 0.875 bits per heavy atom. The van der Waals surface area contributed by atoms with E-state index in [1.54, 1.807) is 0 Å². The predicted octanol–water partition coefficient (Wildman–Crippen LogP) is 2.92. The summed E-state index contributed by atoms with van der Waals surface area (Å²) in [4.78, 5) is 0. The maximum Gasteiger partial charge on any atom is 0.0579 e. The molecule has 0 saturated carbocycles. The Bertz CT molecular complexity index is 476. The van der Waals surface area contributed by atoms with Crippen molar-refractivity contribution in [3.05, 3.63) is 71.3 Å². The zero-order valence-corrected chi connectivity index (χ0v) is 9.19. The second-order valence-corrected chi connectivity index (χ2v) is 4.25. The van der Waals surface area contributed by atoms with Crippen LogP contribution in [0.4, 0.5) is 0 Å². The first kappa shape index (κ1) is 9.61. The zero-order chi connectivity index (χ0) is 10.8. The van der Waals surface area contributed by atoms with Gasteiger partial charge in [0.2, 0.25) is 0 Å². The summed E-state index contributed by atoms with van der Waals surface area (Å²) in [7, 11) is 0. The SMILES string of the molecule is c1ccc([C@H]2NCCc3ccccc32)cc1. The van der Waals surface area contributed by atoms with Gasteiger partial charge in [0.25, 0.3) is 0 Å². The summed E-state index contributed by atoms with van der Waals surface area (Å²) in [5.74, 6) is 0. The van der Waals surface area contributed by atoms with Crippen LogP contribution in [0.25, 0.3) is 0 Å². The van der Waals surface area contributed by atoms with E-state index in [2.05, 4.69) is 59.9 Å². The monoisotopic (exact) mass is 209 g/mol. The molecule has 0 saturated heterocycles. The van der Waals surface area contributed by atoms with Gasteiger partial charge in [-0.2, -0.15) is 0 Å². The van der Waals surface area contributed by atoms with E-state index in [9.17, 15) is 0 Å². The van der Waals surface area contributed by atoms with Gasteiger partial charge in [-0.15, -0.1) is 0 Å². The minimum Gasteiger partial charge on any atom is -0.306 e.